The van der Waals surface area contributed by atoms with Crippen molar-refractivity contribution in [3.8, 4) is 0 Å². The third-order valence-corrected chi connectivity index (χ3v) is 1.89. The summed E-state index contributed by atoms with van der Waals surface area (Å²) in [6.45, 7) is 1.05. The summed E-state index contributed by atoms with van der Waals surface area (Å²) in [4.78, 5) is 12.8. The second-order valence-corrected chi connectivity index (χ2v) is 2.60. The number of amides is 1. The van der Waals surface area contributed by atoms with Crippen molar-refractivity contribution in [2.45, 2.75) is 18.9 Å². The van der Waals surface area contributed by atoms with Gasteiger partial charge >= 0.3 is 5.91 Å². The monoisotopic (exact) mass is 129 g/mol. The molecule has 52 valence electrons. The van der Waals surface area contributed by atoms with Crippen LogP contribution in [0.5, 0.6) is 0 Å². The SMILES string of the molecule is CN1CCCC1C([NH3+])=O. The Morgan fingerprint density at radius 1 is 1.78 bits per heavy atom. The molecule has 3 N–H and O–H groups in total. The molecule has 0 saturated carbocycles. The van der Waals surface area contributed by atoms with Crippen LogP contribution in [-0.4, -0.2) is 30.4 Å². The van der Waals surface area contributed by atoms with E-state index in [2.05, 4.69) is 10.6 Å². The molecule has 3 heteroatoms. The Morgan fingerprint density at radius 3 is 2.67 bits per heavy atom. The van der Waals surface area contributed by atoms with Crippen molar-refractivity contribution in [1.29, 1.82) is 0 Å². The lowest BCUT2D eigenvalue weighted by molar-refractivity contribution is -0.310. The minimum Gasteiger partial charge on any atom is -0.293 e. The summed E-state index contributed by atoms with van der Waals surface area (Å²) in [7, 11) is 1.97. The number of carbonyl (C=O) groups excluding carboxylic acids is 1. The Balaban J connectivity index is 2.49. The molecule has 3 nitrogen and oxygen atoms in total. The van der Waals surface area contributed by atoms with E-state index in [-0.39, 0.29) is 11.9 Å². The van der Waals surface area contributed by atoms with Gasteiger partial charge in [0.25, 0.3) is 0 Å². The average Bonchev–Trinajstić information content (AvgIpc) is 2.13. The number of carbonyl (C=O) groups is 1. The summed E-state index contributed by atoms with van der Waals surface area (Å²) in [5.41, 5.74) is 3.39. The maximum Gasteiger partial charge on any atom is 0.326 e. The van der Waals surface area contributed by atoms with E-state index in [9.17, 15) is 4.79 Å². The van der Waals surface area contributed by atoms with Gasteiger partial charge in [0.15, 0.2) is 0 Å². The minimum atomic E-state index is 0.0648. The second-order valence-electron chi connectivity index (χ2n) is 2.60. The fourth-order valence-electron chi connectivity index (χ4n) is 1.32. The smallest absolute Gasteiger partial charge is 0.293 e. The third kappa shape index (κ3) is 1.28. The number of hydrogen-bond acceptors (Lipinski definition) is 2. The van der Waals surface area contributed by atoms with E-state index in [1.54, 1.807) is 0 Å². The zero-order valence-corrected chi connectivity index (χ0v) is 5.76. The summed E-state index contributed by atoms with van der Waals surface area (Å²) in [6, 6.07) is 0.116. The van der Waals surface area contributed by atoms with Gasteiger partial charge in [-0.3, -0.25) is 10.6 Å². The molecule has 0 aromatic rings. The summed E-state index contributed by atoms with van der Waals surface area (Å²) in [5.74, 6) is 0.0648. The van der Waals surface area contributed by atoms with Crippen molar-refractivity contribution in [2.75, 3.05) is 13.6 Å². The zero-order chi connectivity index (χ0) is 6.85. The van der Waals surface area contributed by atoms with E-state index in [0.717, 1.165) is 19.4 Å². The second kappa shape index (κ2) is 2.45. The van der Waals surface area contributed by atoms with Gasteiger partial charge in [0.1, 0.15) is 6.04 Å². The molecule has 0 aliphatic carbocycles. The van der Waals surface area contributed by atoms with Gasteiger partial charge in [-0.25, -0.2) is 4.79 Å². The molecule has 0 spiro atoms. The molecule has 9 heavy (non-hydrogen) atoms. The molecule has 0 bridgehead atoms. The third-order valence-electron chi connectivity index (χ3n) is 1.89. The summed E-state index contributed by atoms with van der Waals surface area (Å²) in [6.07, 6.45) is 2.14. The van der Waals surface area contributed by atoms with Crippen molar-refractivity contribution >= 4 is 5.91 Å². The van der Waals surface area contributed by atoms with Crippen LogP contribution in [0.1, 0.15) is 12.8 Å². The Kier molecular flexibility index (Phi) is 1.83. The number of quaternary nitrogens is 1. The van der Waals surface area contributed by atoms with Gasteiger partial charge in [-0.2, -0.15) is 0 Å². The molecule has 1 unspecified atom stereocenters. The van der Waals surface area contributed by atoms with Gasteiger partial charge in [0, 0.05) is 0 Å². The van der Waals surface area contributed by atoms with Gasteiger partial charge in [-0.05, 0) is 26.4 Å². The lowest BCUT2D eigenvalue weighted by Crippen LogP contribution is -2.64. The molecule has 1 atom stereocenters. The quantitative estimate of drug-likeness (QED) is 0.486. The van der Waals surface area contributed by atoms with Crippen LogP contribution in [0.2, 0.25) is 0 Å². The summed E-state index contributed by atoms with van der Waals surface area (Å²) < 4.78 is 0. The predicted octanol–water partition coefficient (Wildman–Crippen LogP) is -1.15. The van der Waals surface area contributed by atoms with Crippen molar-refractivity contribution in [1.82, 2.24) is 4.90 Å². The highest BCUT2D eigenvalue weighted by atomic mass is 16.1. The first-order valence-electron chi connectivity index (χ1n) is 3.28. The number of nitrogens with zero attached hydrogens (tertiary/aromatic N) is 1. The molecule has 1 amide bonds. The van der Waals surface area contributed by atoms with E-state index < -0.39 is 0 Å². The zero-order valence-electron chi connectivity index (χ0n) is 5.76. The molecule has 1 heterocycles. The van der Waals surface area contributed by atoms with Crippen LogP contribution < -0.4 is 5.73 Å². The number of hydrogen-bond donors (Lipinski definition) is 1. The lowest BCUT2D eigenvalue weighted by atomic mass is 10.2. The van der Waals surface area contributed by atoms with Gasteiger partial charge in [-0.1, -0.05) is 0 Å². The van der Waals surface area contributed by atoms with Gasteiger partial charge in [0.05, 0.1) is 0 Å². The van der Waals surface area contributed by atoms with Gasteiger partial charge in [-0.15, -0.1) is 0 Å². The Labute approximate surface area is 54.8 Å². The minimum absolute atomic E-state index is 0.0648. The van der Waals surface area contributed by atoms with Crippen LogP contribution in [0.15, 0.2) is 0 Å². The topological polar surface area (TPSA) is 48.0 Å². The number of rotatable bonds is 1. The molecule has 1 saturated heterocycles. The van der Waals surface area contributed by atoms with E-state index in [1.807, 2.05) is 7.05 Å². The highest BCUT2D eigenvalue weighted by Crippen LogP contribution is 2.12. The maximum atomic E-state index is 10.7. The first-order valence-corrected chi connectivity index (χ1v) is 3.28. The standard InChI is InChI=1S/C6H12N2O/c1-8-4-2-3-5(8)6(7)9/h5H,2-4H2,1H3,(H2,7,9)/p+1. The van der Waals surface area contributed by atoms with E-state index in [1.165, 1.54) is 0 Å². The number of likely N-dealkylation sites (N-methyl/N-ethyl adjacent to an activating group) is 1. The molecule has 1 aliphatic rings. The molecule has 1 aliphatic heterocycles. The fourth-order valence-corrected chi connectivity index (χ4v) is 1.32. The first kappa shape index (κ1) is 6.71. The van der Waals surface area contributed by atoms with Crippen LogP contribution in [0.3, 0.4) is 0 Å². The largest absolute Gasteiger partial charge is 0.326 e. The van der Waals surface area contributed by atoms with Gasteiger partial charge in [0.2, 0.25) is 0 Å². The highest BCUT2D eigenvalue weighted by Gasteiger charge is 2.27. The maximum absolute atomic E-state index is 10.7. The van der Waals surface area contributed by atoms with Crippen LogP contribution >= 0.6 is 0 Å². The van der Waals surface area contributed by atoms with E-state index in [4.69, 9.17) is 0 Å². The van der Waals surface area contributed by atoms with Gasteiger partial charge < -0.3 is 0 Å². The molecule has 0 radical (unpaired) electrons. The van der Waals surface area contributed by atoms with Crippen LogP contribution in [0.25, 0.3) is 0 Å². The number of likely N-dealkylation sites (tertiary alicyclic amines) is 1. The van der Waals surface area contributed by atoms with Crippen LogP contribution in [0, 0.1) is 0 Å². The Hall–Kier alpha value is -0.410. The molecular weight excluding hydrogens is 116 g/mol. The lowest BCUT2D eigenvalue weighted by Gasteiger charge is -2.11. The normalized spacial score (nSPS) is 28.9. The fraction of sp³-hybridized carbons (Fsp3) is 0.833. The first-order chi connectivity index (χ1) is 4.22. The molecule has 1 fully saturated rings. The van der Waals surface area contributed by atoms with Crippen molar-refractivity contribution < 1.29 is 10.5 Å². The molecule has 1 rings (SSSR count). The predicted molar refractivity (Wildman–Crippen MR) is 33.5 cm³/mol. The molecule has 0 aromatic heterocycles. The Morgan fingerprint density at radius 2 is 2.44 bits per heavy atom. The average molecular weight is 129 g/mol. The highest BCUT2D eigenvalue weighted by molar-refractivity contribution is 5.71. The van der Waals surface area contributed by atoms with Crippen molar-refractivity contribution in [2.24, 2.45) is 0 Å². The van der Waals surface area contributed by atoms with E-state index >= 15 is 0 Å². The van der Waals surface area contributed by atoms with E-state index in [0.29, 0.717) is 0 Å². The van der Waals surface area contributed by atoms with Crippen molar-refractivity contribution in [3.63, 3.8) is 0 Å². The van der Waals surface area contributed by atoms with Crippen LogP contribution in [-0.2, 0) is 4.79 Å². The molecule has 0 aromatic carbocycles. The summed E-state index contributed by atoms with van der Waals surface area (Å²) in [5, 5.41) is 0. The van der Waals surface area contributed by atoms with Crippen LogP contribution in [0.4, 0.5) is 0 Å². The summed E-state index contributed by atoms with van der Waals surface area (Å²) >= 11 is 0. The van der Waals surface area contributed by atoms with Crippen molar-refractivity contribution in [3.05, 3.63) is 0 Å². The molecular formula is C6H13N2O+. The Bertz CT molecular complexity index is 124.